The first-order valence-electron chi connectivity index (χ1n) is 2.91. The maximum Gasteiger partial charge on any atom is 0.373 e. The van der Waals surface area contributed by atoms with Crippen LogP contribution in [-0.2, 0) is 0 Å². The minimum absolute atomic E-state index is 0.0225. The molecule has 1 aromatic rings. The second-order valence-electron chi connectivity index (χ2n) is 1.88. The highest BCUT2D eigenvalue weighted by Gasteiger charge is 2.09. The highest BCUT2D eigenvalue weighted by molar-refractivity contribution is 7.97. The Morgan fingerprint density at radius 3 is 2.67 bits per heavy atom. The summed E-state index contributed by atoms with van der Waals surface area (Å²) in [7, 11) is 0. The van der Waals surface area contributed by atoms with E-state index in [1.54, 1.807) is 0 Å². The van der Waals surface area contributed by atoms with Gasteiger partial charge in [0, 0.05) is 6.20 Å². The third kappa shape index (κ3) is 1.79. The van der Waals surface area contributed by atoms with Crippen LogP contribution >= 0.6 is 12.6 Å². The molecule has 1 rings (SSSR count). The lowest BCUT2D eigenvalue weighted by Crippen LogP contribution is -2.06. The highest BCUT2D eigenvalue weighted by Crippen LogP contribution is 1.99. The van der Waals surface area contributed by atoms with E-state index < -0.39 is 16.9 Å². The number of nitrogens with zero attached hydrogens (tertiary/aromatic N) is 2. The highest BCUT2D eigenvalue weighted by atomic mass is 32.1. The molecule has 0 saturated heterocycles. The Morgan fingerprint density at radius 2 is 2.17 bits per heavy atom. The van der Waals surface area contributed by atoms with Crippen molar-refractivity contribution in [3.05, 3.63) is 23.8 Å². The molecule has 1 heterocycles. The van der Waals surface area contributed by atoms with Crippen molar-refractivity contribution in [3.63, 3.8) is 0 Å². The quantitative estimate of drug-likeness (QED) is 0.644. The molecule has 0 unspecified atom stereocenters. The molecule has 0 bridgehead atoms. The van der Waals surface area contributed by atoms with Crippen LogP contribution in [0.2, 0.25) is 0 Å². The van der Waals surface area contributed by atoms with Crippen LogP contribution in [0.3, 0.4) is 0 Å². The lowest BCUT2D eigenvalue weighted by Gasteiger charge is -1.94. The number of thiol groups is 1. The third-order valence-corrected chi connectivity index (χ3v) is 1.30. The topological polar surface area (TPSA) is 80.2 Å². The standard InChI is InChI=1S/C6H4N2O3S/c9-5(10)4-7-2-1-3(8-4)6(11)12/h1-2H,(H,9,10)(H,11,12). The summed E-state index contributed by atoms with van der Waals surface area (Å²) < 4.78 is 0. The summed E-state index contributed by atoms with van der Waals surface area (Å²) in [6.45, 7) is 0. The van der Waals surface area contributed by atoms with Crippen molar-refractivity contribution in [2.45, 2.75) is 0 Å². The van der Waals surface area contributed by atoms with Crippen LogP contribution in [0.4, 0.5) is 0 Å². The van der Waals surface area contributed by atoms with Gasteiger partial charge in [0.2, 0.25) is 10.9 Å². The van der Waals surface area contributed by atoms with Gasteiger partial charge in [0.1, 0.15) is 5.69 Å². The molecule has 6 heteroatoms. The Morgan fingerprint density at radius 1 is 1.50 bits per heavy atom. The van der Waals surface area contributed by atoms with Crippen molar-refractivity contribution in [1.29, 1.82) is 0 Å². The van der Waals surface area contributed by atoms with Crippen LogP contribution in [0.15, 0.2) is 12.3 Å². The second-order valence-corrected chi connectivity index (χ2v) is 2.28. The number of hydrogen-bond acceptors (Lipinski definition) is 4. The van der Waals surface area contributed by atoms with Gasteiger partial charge >= 0.3 is 5.97 Å². The number of aromatic nitrogens is 2. The lowest BCUT2D eigenvalue weighted by molar-refractivity contribution is 0.0683. The summed E-state index contributed by atoms with van der Waals surface area (Å²) >= 11 is 3.48. The van der Waals surface area contributed by atoms with Crippen LogP contribution < -0.4 is 0 Å². The van der Waals surface area contributed by atoms with Crippen LogP contribution in [-0.4, -0.2) is 26.2 Å². The van der Waals surface area contributed by atoms with E-state index in [0.29, 0.717) is 0 Å². The first kappa shape index (κ1) is 8.66. The van der Waals surface area contributed by atoms with Crippen LogP contribution in [0.5, 0.6) is 0 Å². The van der Waals surface area contributed by atoms with Crippen molar-refractivity contribution in [2.24, 2.45) is 0 Å². The monoisotopic (exact) mass is 184 g/mol. The fourth-order valence-corrected chi connectivity index (χ4v) is 0.705. The zero-order valence-electron chi connectivity index (χ0n) is 5.76. The molecule has 0 radical (unpaired) electrons. The van der Waals surface area contributed by atoms with Gasteiger partial charge in [-0.05, 0) is 6.07 Å². The Labute approximate surface area is 72.9 Å². The van der Waals surface area contributed by atoms with Crippen molar-refractivity contribution in [3.8, 4) is 0 Å². The first-order valence-corrected chi connectivity index (χ1v) is 3.35. The summed E-state index contributed by atoms with van der Waals surface area (Å²) in [6.07, 6.45) is 1.19. The van der Waals surface area contributed by atoms with Gasteiger partial charge in [-0.1, -0.05) is 12.6 Å². The number of aromatic carboxylic acids is 1. The Kier molecular flexibility index (Phi) is 2.39. The number of carboxylic acid groups (broad SMARTS) is 1. The van der Waals surface area contributed by atoms with E-state index in [-0.39, 0.29) is 5.69 Å². The molecule has 0 amide bonds. The van der Waals surface area contributed by atoms with E-state index >= 15 is 0 Å². The summed E-state index contributed by atoms with van der Waals surface area (Å²) in [5.41, 5.74) is -0.0225. The number of carbonyl (C=O) groups is 2. The van der Waals surface area contributed by atoms with Gasteiger partial charge in [-0.2, -0.15) is 0 Å². The van der Waals surface area contributed by atoms with Crippen LogP contribution in [0, 0.1) is 0 Å². The molecular weight excluding hydrogens is 180 g/mol. The zero-order chi connectivity index (χ0) is 9.14. The van der Waals surface area contributed by atoms with Gasteiger partial charge in [-0.3, -0.25) is 4.79 Å². The number of rotatable bonds is 2. The van der Waals surface area contributed by atoms with Crippen LogP contribution in [0.1, 0.15) is 21.1 Å². The second kappa shape index (κ2) is 3.31. The Bertz CT molecular complexity index is 310. The molecule has 12 heavy (non-hydrogen) atoms. The van der Waals surface area contributed by atoms with Gasteiger partial charge in [0.15, 0.2) is 0 Å². The maximum atomic E-state index is 10.6. The minimum atomic E-state index is -1.27. The molecule has 0 atom stereocenters. The summed E-state index contributed by atoms with van der Waals surface area (Å²) in [4.78, 5) is 27.8. The molecule has 0 saturated carbocycles. The Hall–Kier alpha value is -1.43. The minimum Gasteiger partial charge on any atom is -0.475 e. The molecule has 0 spiro atoms. The van der Waals surface area contributed by atoms with E-state index in [1.807, 2.05) is 0 Å². The molecule has 1 N–H and O–H groups in total. The predicted molar refractivity (Wildman–Crippen MR) is 42.3 cm³/mol. The van der Waals surface area contributed by atoms with Crippen molar-refractivity contribution in [1.82, 2.24) is 9.97 Å². The SMILES string of the molecule is O=C(S)c1ccnc(C(=O)O)n1. The molecule has 0 aliphatic rings. The zero-order valence-corrected chi connectivity index (χ0v) is 6.65. The molecule has 62 valence electrons. The molecule has 0 aromatic carbocycles. The fraction of sp³-hybridized carbons (Fsp3) is 0. The fourth-order valence-electron chi connectivity index (χ4n) is 0.581. The van der Waals surface area contributed by atoms with E-state index in [2.05, 4.69) is 22.6 Å². The van der Waals surface area contributed by atoms with Crippen molar-refractivity contribution < 1.29 is 14.7 Å². The molecule has 1 aromatic heterocycles. The number of carboxylic acids is 1. The smallest absolute Gasteiger partial charge is 0.373 e. The normalized spacial score (nSPS) is 9.42. The van der Waals surface area contributed by atoms with Gasteiger partial charge in [0.05, 0.1) is 0 Å². The molecule has 0 fully saturated rings. The van der Waals surface area contributed by atoms with E-state index in [1.165, 1.54) is 12.3 Å². The van der Waals surface area contributed by atoms with Crippen LogP contribution in [0.25, 0.3) is 0 Å². The van der Waals surface area contributed by atoms with Gasteiger partial charge in [-0.25, -0.2) is 14.8 Å². The molecule has 5 nitrogen and oxygen atoms in total. The van der Waals surface area contributed by atoms with E-state index in [0.717, 1.165) is 0 Å². The predicted octanol–water partition coefficient (Wildman–Crippen LogP) is 0.245. The maximum absolute atomic E-state index is 10.6. The van der Waals surface area contributed by atoms with Gasteiger partial charge in [0.25, 0.3) is 0 Å². The van der Waals surface area contributed by atoms with E-state index in [4.69, 9.17) is 5.11 Å². The van der Waals surface area contributed by atoms with Crippen molar-refractivity contribution in [2.75, 3.05) is 0 Å². The molecule has 0 aliphatic heterocycles. The lowest BCUT2D eigenvalue weighted by atomic mass is 10.4. The van der Waals surface area contributed by atoms with Crippen molar-refractivity contribution >= 4 is 23.7 Å². The summed E-state index contributed by atoms with van der Waals surface area (Å²) in [6, 6.07) is 1.29. The number of carbonyl (C=O) groups excluding carboxylic acids is 1. The molecule has 0 aliphatic carbocycles. The Balaban J connectivity index is 3.12. The molecular formula is C6H4N2O3S. The average molecular weight is 184 g/mol. The number of hydrogen-bond donors (Lipinski definition) is 2. The summed E-state index contributed by atoms with van der Waals surface area (Å²) in [5.74, 6) is -1.68. The third-order valence-electron chi connectivity index (χ3n) is 1.07. The van der Waals surface area contributed by atoms with Gasteiger partial charge < -0.3 is 5.11 Å². The van der Waals surface area contributed by atoms with E-state index in [9.17, 15) is 9.59 Å². The summed E-state index contributed by atoms with van der Waals surface area (Å²) in [5, 5.41) is 7.85. The largest absolute Gasteiger partial charge is 0.475 e. The first-order chi connectivity index (χ1) is 5.61. The average Bonchev–Trinajstić information content (AvgIpc) is 2.04. The van der Waals surface area contributed by atoms with Gasteiger partial charge in [-0.15, -0.1) is 0 Å².